The normalized spacial score (nSPS) is 19.5. The summed E-state index contributed by atoms with van der Waals surface area (Å²) in [7, 11) is 4.66. The van der Waals surface area contributed by atoms with Crippen molar-refractivity contribution in [1.29, 1.82) is 0 Å². The molecule has 3 N–H and O–H groups in total. The van der Waals surface area contributed by atoms with Crippen LogP contribution in [0, 0.1) is 0 Å². The molecular weight excluding hydrogens is 650 g/mol. The van der Waals surface area contributed by atoms with E-state index < -0.39 is 42.0 Å². The van der Waals surface area contributed by atoms with Crippen LogP contribution in [0.15, 0.2) is 122 Å². The van der Waals surface area contributed by atoms with E-state index >= 15 is 0 Å². The first-order chi connectivity index (χ1) is 24.9. The molecule has 12 heteroatoms. The summed E-state index contributed by atoms with van der Waals surface area (Å²) in [4.78, 5) is 27.6. The molecule has 2 aromatic heterocycles. The van der Waals surface area contributed by atoms with Crippen LogP contribution >= 0.6 is 0 Å². The highest BCUT2D eigenvalue weighted by atomic mass is 16.6. The first-order valence-electron chi connectivity index (χ1n) is 16.3. The Kier molecular flexibility index (Phi) is 9.48. The number of aliphatic hydroxyl groups excluding tert-OH is 1. The van der Waals surface area contributed by atoms with Gasteiger partial charge in [-0.1, -0.05) is 84.9 Å². The monoisotopic (exact) mass is 687 g/mol. The summed E-state index contributed by atoms with van der Waals surface area (Å²) in [5.74, 6) is 1.07. The predicted octanol–water partition coefficient (Wildman–Crippen LogP) is 4.96. The van der Waals surface area contributed by atoms with Gasteiger partial charge in [0.1, 0.15) is 47.3 Å². The smallest absolute Gasteiger partial charge is 0.194 e. The van der Waals surface area contributed by atoms with Crippen molar-refractivity contribution in [2.75, 3.05) is 27.1 Å². The van der Waals surface area contributed by atoms with Crippen LogP contribution < -0.4 is 15.2 Å². The van der Waals surface area contributed by atoms with Crippen LogP contribution in [0.5, 0.6) is 11.5 Å². The highest BCUT2D eigenvalue weighted by Crippen LogP contribution is 2.45. The highest BCUT2D eigenvalue weighted by Gasteiger charge is 2.54. The minimum Gasteiger partial charge on any atom is -0.497 e. The summed E-state index contributed by atoms with van der Waals surface area (Å²) >= 11 is 0. The number of ether oxygens (including phenoxy) is 5. The van der Waals surface area contributed by atoms with Gasteiger partial charge in [0.15, 0.2) is 29.6 Å². The van der Waals surface area contributed by atoms with Crippen molar-refractivity contribution in [3.8, 4) is 11.5 Å². The molecule has 260 valence electrons. The molecule has 3 heterocycles. The predicted molar refractivity (Wildman–Crippen MR) is 188 cm³/mol. The van der Waals surface area contributed by atoms with E-state index in [1.807, 2.05) is 84.9 Å². The van der Waals surface area contributed by atoms with Crippen molar-refractivity contribution in [3.05, 3.63) is 144 Å². The molecule has 7 rings (SSSR count). The Bertz CT molecular complexity index is 2050. The number of Topliss-reactive ketones (excluding diaryl/α,β-unsaturated/α-hetero) is 1. The molecule has 0 aliphatic carbocycles. The quantitative estimate of drug-likeness (QED) is 0.133. The second-order valence-electron chi connectivity index (χ2n) is 12.0. The number of rotatable bonds is 12. The number of benzene rings is 4. The summed E-state index contributed by atoms with van der Waals surface area (Å²) in [6.45, 7) is 0. The Balaban J connectivity index is 1.43. The standard InChI is InChI=1S/C39H37N5O7/c1-47-28-18-14-26(15-19-28)39(25-12-8-5-9-13-25,27-16-20-29(48-2)21-17-27)51-34(31(45)24-10-6-4-7-11-24)33-32(46)35(49-3)38(50-33)44-23-43-30-36(40)41-22-42-37(30)44/h4-23,32-35,38,46H,1-3H3,(H2,40,41,42)/t32-,33+,34?,35-,38-/m1/s1. The Morgan fingerprint density at radius 2 is 1.37 bits per heavy atom. The Morgan fingerprint density at radius 1 is 0.804 bits per heavy atom. The van der Waals surface area contributed by atoms with E-state index in [1.54, 1.807) is 43.1 Å². The Labute approximate surface area is 294 Å². The number of carbonyl (C=O) groups excluding carboxylic acids is 1. The number of hydrogen-bond acceptors (Lipinski definition) is 11. The van der Waals surface area contributed by atoms with Crippen LogP contribution in [-0.4, -0.2) is 76.2 Å². The fourth-order valence-electron chi connectivity index (χ4n) is 6.72. The Hall–Kier alpha value is -5.66. The summed E-state index contributed by atoms with van der Waals surface area (Å²) in [6.07, 6.45) is -3.05. The third-order valence-corrected chi connectivity index (χ3v) is 9.28. The van der Waals surface area contributed by atoms with Gasteiger partial charge in [-0.25, -0.2) is 15.0 Å². The van der Waals surface area contributed by atoms with E-state index in [9.17, 15) is 9.90 Å². The molecular formula is C39H37N5O7. The van der Waals surface area contributed by atoms with Crippen molar-refractivity contribution < 1.29 is 33.6 Å². The molecule has 1 aliphatic rings. The van der Waals surface area contributed by atoms with Gasteiger partial charge in [0.05, 0.1) is 20.5 Å². The van der Waals surface area contributed by atoms with E-state index in [1.165, 1.54) is 19.8 Å². The zero-order valence-corrected chi connectivity index (χ0v) is 28.2. The molecule has 0 spiro atoms. The summed E-state index contributed by atoms with van der Waals surface area (Å²) in [5, 5.41) is 12.0. The van der Waals surface area contributed by atoms with E-state index in [-0.39, 0.29) is 5.82 Å². The molecule has 1 fully saturated rings. The summed E-state index contributed by atoms with van der Waals surface area (Å²) in [6, 6.07) is 33.3. The molecule has 0 saturated carbocycles. The van der Waals surface area contributed by atoms with Crippen molar-refractivity contribution >= 4 is 22.8 Å². The maximum Gasteiger partial charge on any atom is 0.194 e. The van der Waals surface area contributed by atoms with Crippen LogP contribution in [0.4, 0.5) is 5.82 Å². The lowest BCUT2D eigenvalue weighted by Crippen LogP contribution is -2.49. The van der Waals surface area contributed by atoms with E-state index in [4.69, 9.17) is 29.4 Å². The van der Waals surface area contributed by atoms with Gasteiger partial charge in [0, 0.05) is 12.7 Å². The number of nitrogens with two attached hydrogens (primary N) is 1. The first-order valence-corrected chi connectivity index (χ1v) is 16.3. The average Bonchev–Trinajstić information content (AvgIpc) is 3.77. The zero-order valence-electron chi connectivity index (χ0n) is 28.2. The van der Waals surface area contributed by atoms with E-state index in [2.05, 4.69) is 15.0 Å². The molecule has 0 amide bonds. The lowest BCUT2D eigenvalue weighted by Gasteiger charge is -2.40. The molecule has 0 bridgehead atoms. The number of aromatic nitrogens is 4. The van der Waals surface area contributed by atoms with Gasteiger partial charge in [0.25, 0.3) is 0 Å². The maximum absolute atomic E-state index is 14.8. The maximum atomic E-state index is 14.8. The highest BCUT2D eigenvalue weighted by molar-refractivity contribution is 6.00. The number of fused-ring (bicyclic) bond motifs is 1. The lowest BCUT2D eigenvalue weighted by atomic mass is 9.79. The second kappa shape index (κ2) is 14.3. The van der Waals surface area contributed by atoms with Gasteiger partial charge in [-0.05, 0) is 41.0 Å². The number of imidazole rings is 1. The number of methoxy groups -OCH3 is 3. The fourth-order valence-corrected chi connectivity index (χ4v) is 6.72. The molecule has 51 heavy (non-hydrogen) atoms. The second-order valence-corrected chi connectivity index (χ2v) is 12.0. The lowest BCUT2D eigenvalue weighted by molar-refractivity contribution is -0.126. The summed E-state index contributed by atoms with van der Waals surface area (Å²) < 4.78 is 32.5. The number of hydrogen-bond donors (Lipinski definition) is 2. The summed E-state index contributed by atoms with van der Waals surface area (Å²) in [5.41, 5.74) is 7.91. The van der Waals surface area contributed by atoms with Gasteiger partial charge in [-0.3, -0.25) is 9.36 Å². The molecule has 6 aromatic rings. The van der Waals surface area contributed by atoms with Gasteiger partial charge in [-0.15, -0.1) is 0 Å². The van der Waals surface area contributed by atoms with Crippen molar-refractivity contribution in [1.82, 2.24) is 19.5 Å². The van der Waals surface area contributed by atoms with Crippen molar-refractivity contribution in [2.24, 2.45) is 0 Å². The van der Waals surface area contributed by atoms with E-state index in [0.29, 0.717) is 39.4 Å². The zero-order chi connectivity index (χ0) is 35.5. The third kappa shape index (κ3) is 6.08. The molecule has 5 atom stereocenters. The number of nitrogens with zero attached hydrogens (tertiary/aromatic N) is 4. The third-order valence-electron chi connectivity index (χ3n) is 9.28. The van der Waals surface area contributed by atoms with E-state index in [0.717, 1.165) is 5.56 Å². The van der Waals surface area contributed by atoms with Crippen molar-refractivity contribution in [2.45, 2.75) is 36.2 Å². The van der Waals surface area contributed by atoms with Crippen LogP contribution in [0.2, 0.25) is 0 Å². The Morgan fingerprint density at radius 3 is 1.94 bits per heavy atom. The minimum atomic E-state index is -1.41. The average molecular weight is 688 g/mol. The first kappa shape index (κ1) is 33.8. The SMILES string of the molecule is COc1ccc(C(OC(C(=O)c2ccccc2)[C@H]2O[C@@H](n3cnc4c(N)ncnc43)[C@H](OC)[C@@H]2O)(c2ccccc2)c2ccc(OC)cc2)cc1. The van der Waals surface area contributed by atoms with Gasteiger partial charge in [0.2, 0.25) is 0 Å². The number of carbonyl (C=O) groups is 1. The molecule has 1 saturated heterocycles. The molecule has 1 unspecified atom stereocenters. The number of ketones is 1. The number of nitrogen functional groups attached to an aromatic ring is 1. The van der Waals surface area contributed by atoms with Crippen LogP contribution in [-0.2, 0) is 19.8 Å². The largest absolute Gasteiger partial charge is 0.497 e. The topological polar surface area (TPSA) is 153 Å². The number of anilines is 1. The molecule has 1 aliphatic heterocycles. The molecule has 0 radical (unpaired) electrons. The molecule has 4 aromatic carbocycles. The number of aliphatic hydroxyl groups is 1. The van der Waals surface area contributed by atoms with Crippen LogP contribution in [0.1, 0.15) is 33.3 Å². The fraction of sp³-hybridized carbons (Fsp3) is 0.231. The van der Waals surface area contributed by atoms with Gasteiger partial charge < -0.3 is 34.5 Å². The van der Waals surface area contributed by atoms with Gasteiger partial charge >= 0.3 is 0 Å². The van der Waals surface area contributed by atoms with Crippen LogP contribution in [0.3, 0.4) is 0 Å². The molecule has 12 nitrogen and oxygen atoms in total. The minimum absolute atomic E-state index is 0.190. The van der Waals surface area contributed by atoms with Gasteiger partial charge in [-0.2, -0.15) is 0 Å². The van der Waals surface area contributed by atoms with Crippen molar-refractivity contribution in [3.63, 3.8) is 0 Å². The van der Waals surface area contributed by atoms with Crippen LogP contribution in [0.25, 0.3) is 11.2 Å².